The normalized spacial score (nSPS) is 22.8. The lowest BCUT2D eigenvalue weighted by Gasteiger charge is -2.34. The molecule has 2 amide bonds. The van der Waals surface area contributed by atoms with Gasteiger partial charge >= 0.3 is 12.5 Å². The number of alkyl halides is 3. The average Bonchev–Trinajstić information content (AvgIpc) is 3.05. The summed E-state index contributed by atoms with van der Waals surface area (Å²) in [6, 6.07) is 9.21. The minimum atomic E-state index is -4.85. The summed E-state index contributed by atoms with van der Waals surface area (Å²) in [6.45, 7) is 0.189. The third-order valence-corrected chi connectivity index (χ3v) is 5.90. The van der Waals surface area contributed by atoms with Crippen molar-refractivity contribution in [2.45, 2.75) is 37.6 Å². The molecule has 0 bridgehead atoms. The number of hydrogen-bond donors (Lipinski definition) is 2. The molecular formula is C22H21F4N3O4. The summed E-state index contributed by atoms with van der Waals surface area (Å²) in [6.07, 6.45) is -3.82. The Morgan fingerprint density at radius 3 is 2.52 bits per heavy atom. The van der Waals surface area contributed by atoms with Gasteiger partial charge in [-0.15, -0.1) is 13.2 Å². The Hall–Kier alpha value is -3.50. The topological polar surface area (TPSA) is 93.9 Å². The van der Waals surface area contributed by atoms with Crippen molar-refractivity contribution in [1.82, 2.24) is 0 Å². The maximum absolute atomic E-state index is 14.1. The molecule has 1 spiro atoms. The quantitative estimate of drug-likeness (QED) is 0.496. The van der Waals surface area contributed by atoms with Gasteiger partial charge in [0.2, 0.25) is 5.91 Å². The van der Waals surface area contributed by atoms with Gasteiger partial charge in [0.15, 0.2) is 0 Å². The van der Waals surface area contributed by atoms with Crippen LogP contribution in [0, 0.1) is 11.7 Å². The predicted molar refractivity (Wildman–Crippen MR) is 111 cm³/mol. The molecule has 3 N–H and O–H groups in total. The molecule has 1 saturated heterocycles. The first-order valence-electron chi connectivity index (χ1n) is 10.3. The lowest BCUT2D eigenvalue weighted by molar-refractivity contribution is -0.274. The minimum absolute atomic E-state index is 0.0670. The van der Waals surface area contributed by atoms with Crippen LogP contribution in [0.15, 0.2) is 42.5 Å². The fourth-order valence-electron chi connectivity index (χ4n) is 4.23. The van der Waals surface area contributed by atoms with E-state index < -0.39 is 35.5 Å². The van der Waals surface area contributed by atoms with Gasteiger partial charge in [0.25, 0.3) is 0 Å². The average molecular weight is 467 g/mol. The zero-order chi connectivity index (χ0) is 23.8. The molecule has 0 unspecified atom stereocenters. The Balaban J connectivity index is 1.36. The van der Waals surface area contributed by atoms with Gasteiger partial charge in [-0.05, 0) is 49.9 Å². The van der Waals surface area contributed by atoms with Crippen molar-refractivity contribution in [3.05, 3.63) is 48.3 Å². The first-order valence-corrected chi connectivity index (χ1v) is 10.3. The van der Waals surface area contributed by atoms with Crippen LogP contribution in [0.1, 0.15) is 25.7 Å². The minimum Gasteiger partial charge on any atom is -0.441 e. The Kier molecular flexibility index (Phi) is 5.81. The second-order valence-corrected chi connectivity index (χ2v) is 8.15. The van der Waals surface area contributed by atoms with Crippen LogP contribution in [0.4, 0.5) is 39.4 Å². The molecule has 1 heterocycles. The molecule has 0 radical (unpaired) electrons. The van der Waals surface area contributed by atoms with Gasteiger partial charge in [-0.1, -0.05) is 12.1 Å². The molecular weight excluding hydrogens is 446 g/mol. The number of nitrogens with zero attached hydrogens (tertiary/aromatic N) is 1. The van der Waals surface area contributed by atoms with Crippen LogP contribution in [0.5, 0.6) is 5.75 Å². The largest absolute Gasteiger partial charge is 0.573 e. The van der Waals surface area contributed by atoms with Crippen molar-refractivity contribution >= 4 is 29.1 Å². The summed E-state index contributed by atoms with van der Waals surface area (Å²) in [5.41, 5.74) is 5.21. The molecule has 33 heavy (non-hydrogen) atoms. The van der Waals surface area contributed by atoms with E-state index in [2.05, 4.69) is 10.1 Å². The van der Waals surface area contributed by atoms with E-state index in [1.807, 2.05) is 0 Å². The summed E-state index contributed by atoms with van der Waals surface area (Å²) < 4.78 is 60.5. The highest BCUT2D eigenvalue weighted by atomic mass is 19.4. The zero-order valence-electron chi connectivity index (χ0n) is 17.3. The molecule has 2 aromatic carbocycles. The molecule has 1 aliphatic carbocycles. The SMILES string of the molecule is Nc1cc(OC(F)(F)F)ccc1NC(=O)C1CCC2(CC1)CN(c1ccccc1F)C(=O)O2. The number of carbonyl (C=O) groups excluding carboxylic acids is 2. The molecule has 176 valence electrons. The van der Waals surface area contributed by atoms with Crippen LogP contribution in [0.25, 0.3) is 0 Å². The molecule has 4 rings (SSSR count). The van der Waals surface area contributed by atoms with E-state index >= 15 is 0 Å². The van der Waals surface area contributed by atoms with Crippen LogP contribution in [0.2, 0.25) is 0 Å². The van der Waals surface area contributed by atoms with Crippen molar-refractivity contribution in [3.63, 3.8) is 0 Å². The number of anilines is 3. The summed E-state index contributed by atoms with van der Waals surface area (Å²) in [7, 11) is 0. The Morgan fingerprint density at radius 2 is 1.88 bits per heavy atom. The molecule has 2 aliphatic rings. The number of rotatable bonds is 4. The fraction of sp³-hybridized carbons (Fsp3) is 0.364. The Morgan fingerprint density at radius 1 is 1.18 bits per heavy atom. The maximum Gasteiger partial charge on any atom is 0.573 e. The van der Waals surface area contributed by atoms with Crippen LogP contribution in [-0.2, 0) is 9.53 Å². The van der Waals surface area contributed by atoms with Gasteiger partial charge < -0.3 is 20.5 Å². The first-order chi connectivity index (χ1) is 15.6. The Labute approximate surface area is 186 Å². The van der Waals surface area contributed by atoms with E-state index in [1.54, 1.807) is 6.07 Å². The highest BCUT2D eigenvalue weighted by Crippen LogP contribution is 2.41. The molecule has 7 nitrogen and oxygen atoms in total. The number of halogens is 4. The first kappa shape index (κ1) is 22.7. The summed E-state index contributed by atoms with van der Waals surface area (Å²) in [5.74, 6) is -1.75. The predicted octanol–water partition coefficient (Wildman–Crippen LogP) is 4.83. The summed E-state index contributed by atoms with van der Waals surface area (Å²) in [4.78, 5) is 26.3. The summed E-state index contributed by atoms with van der Waals surface area (Å²) in [5, 5.41) is 2.63. The number of nitrogens with two attached hydrogens (primary N) is 1. The van der Waals surface area contributed by atoms with Gasteiger partial charge in [0, 0.05) is 12.0 Å². The van der Waals surface area contributed by atoms with Gasteiger partial charge in [0.05, 0.1) is 23.6 Å². The number of amides is 2. The lowest BCUT2D eigenvalue weighted by Crippen LogP contribution is -2.41. The second kappa shape index (κ2) is 8.45. The van der Waals surface area contributed by atoms with E-state index in [0.29, 0.717) is 25.7 Å². The van der Waals surface area contributed by atoms with Crippen LogP contribution < -0.4 is 20.7 Å². The van der Waals surface area contributed by atoms with E-state index in [0.717, 1.165) is 12.1 Å². The van der Waals surface area contributed by atoms with E-state index in [4.69, 9.17) is 10.5 Å². The molecule has 11 heteroatoms. The number of nitrogen functional groups attached to an aromatic ring is 1. The highest BCUT2D eigenvalue weighted by molar-refractivity contribution is 5.95. The monoisotopic (exact) mass is 467 g/mol. The number of carbonyl (C=O) groups is 2. The van der Waals surface area contributed by atoms with E-state index in [1.165, 1.54) is 29.2 Å². The van der Waals surface area contributed by atoms with E-state index in [9.17, 15) is 27.2 Å². The van der Waals surface area contributed by atoms with Crippen molar-refractivity contribution < 1.29 is 36.6 Å². The smallest absolute Gasteiger partial charge is 0.441 e. The molecule has 2 fully saturated rings. The highest BCUT2D eigenvalue weighted by Gasteiger charge is 2.49. The standard InChI is InChI=1S/C22H21F4N3O4/c23-15-3-1-2-4-18(15)29-12-21(33-20(29)31)9-7-13(8-10-21)19(30)28-17-6-5-14(11-16(17)27)32-22(24,25)26/h1-6,11,13H,7-10,12,27H2,(H,28,30). The molecule has 2 aromatic rings. The van der Waals surface area contributed by atoms with Gasteiger partial charge in [-0.3, -0.25) is 9.69 Å². The van der Waals surface area contributed by atoms with Crippen LogP contribution in [-0.4, -0.2) is 30.5 Å². The number of hydrogen-bond acceptors (Lipinski definition) is 5. The Bertz CT molecular complexity index is 1070. The third-order valence-electron chi connectivity index (χ3n) is 5.90. The van der Waals surface area contributed by atoms with E-state index in [-0.39, 0.29) is 29.5 Å². The van der Waals surface area contributed by atoms with Crippen molar-refractivity contribution in [3.8, 4) is 5.75 Å². The van der Waals surface area contributed by atoms with Gasteiger partial charge in [0.1, 0.15) is 17.2 Å². The van der Waals surface area contributed by atoms with Crippen LogP contribution in [0.3, 0.4) is 0 Å². The molecule has 1 saturated carbocycles. The number of benzene rings is 2. The second-order valence-electron chi connectivity index (χ2n) is 8.15. The number of ether oxygens (including phenoxy) is 2. The maximum atomic E-state index is 14.1. The zero-order valence-corrected chi connectivity index (χ0v) is 17.3. The van der Waals surface area contributed by atoms with Crippen molar-refractivity contribution in [2.75, 3.05) is 22.5 Å². The van der Waals surface area contributed by atoms with Crippen molar-refractivity contribution in [2.24, 2.45) is 5.92 Å². The number of nitrogens with one attached hydrogen (secondary N) is 1. The third kappa shape index (κ3) is 4.96. The lowest BCUT2D eigenvalue weighted by atomic mass is 9.78. The molecule has 0 aromatic heterocycles. The molecule has 0 atom stereocenters. The molecule has 1 aliphatic heterocycles. The van der Waals surface area contributed by atoms with Gasteiger partial charge in [-0.25, -0.2) is 9.18 Å². The fourth-order valence-corrected chi connectivity index (χ4v) is 4.23. The van der Waals surface area contributed by atoms with Crippen molar-refractivity contribution in [1.29, 1.82) is 0 Å². The van der Waals surface area contributed by atoms with Crippen LogP contribution >= 0.6 is 0 Å². The number of para-hydroxylation sites is 1. The summed E-state index contributed by atoms with van der Waals surface area (Å²) >= 11 is 0. The van der Waals surface area contributed by atoms with Gasteiger partial charge in [-0.2, -0.15) is 0 Å².